The van der Waals surface area contributed by atoms with Gasteiger partial charge in [-0.3, -0.25) is 9.80 Å². The van der Waals surface area contributed by atoms with Crippen LogP contribution in [0.2, 0.25) is 5.02 Å². The second-order valence-electron chi connectivity index (χ2n) is 7.09. The molecule has 0 amide bonds. The van der Waals surface area contributed by atoms with Crippen molar-refractivity contribution in [3.8, 4) is 0 Å². The minimum Gasteiger partial charge on any atom is -0.479 e. The van der Waals surface area contributed by atoms with Crippen molar-refractivity contribution < 1.29 is 14.6 Å². The molecule has 1 heterocycles. The third kappa shape index (κ3) is 5.55. The summed E-state index contributed by atoms with van der Waals surface area (Å²) in [4.78, 5) is 15.7. The fraction of sp³-hybridized carbons (Fsp3) is 0.409. The fourth-order valence-electron chi connectivity index (χ4n) is 3.57. The topological polar surface area (TPSA) is 53.0 Å². The number of nitrogens with zero attached hydrogens (tertiary/aromatic N) is 2. The highest BCUT2D eigenvalue weighted by Gasteiger charge is 2.26. The Labute approximate surface area is 171 Å². The zero-order chi connectivity index (χ0) is 19.9. The SMILES string of the molecule is CC(OCCN1CCN(C(c2ccccc2)c2ccc(Cl)cc2)CC1)C(=O)O. The first-order chi connectivity index (χ1) is 13.5. The van der Waals surface area contributed by atoms with Gasteiger partial charge in [0.2, 0.25) is 0 Å². The third-order valence-electron chi connectivity index (χ3n) is 5.20. The Bertz CT molecular complexity index is 746. The van der Waals surface area contributed by atoms with Gasteiger partial charge in [-0.15, -0.1) is 0 Å². The van der Waals surface area contributed by atoms with Gasteiger partial charge in [0.15, 0.2) is 6.10 Å². The molecule has 28 heavy (non-hydrogen) atoms. The average Bonchev–Trinajstić information content (AvgIpc) is 2.71. The highest BCUT2D eigenvalue weighted by atomic mass is 35.5. The minimum absolute atomic E-state index is 0.198. The van der Waals surface area contributed by atoms with Crippen molar-refractivity contribution in [3.63, 3.8) is 0 Å². The van der Waals surface area contributed by atoms with Gasteiger partial charge in [0.05, 0.1) is 12.6 Å². The smallest absolute Gasteiger partial charge is 0.332 e. The van der Waals surface area contributed by atoms with Crippen LogP contribution in [0.25, 0.3) is 0 Å². The number of hydrogen-bond acceptors (Lipinski definition) is 4. The van der Waals surface area contributed by atoms with Crippen molar-refractivity contribution in [1.29, 1.82) is 0 Å². The van der Waals surface area contributed by atoms with E-state index in [1.165, 1.54) is 11.1 Å². The standard InChI is InChI=1S/C22H27ClN2O3/c1-17(22(26)27)28-16-15-24-11-13-25(14-12-24)21(18-5-3-2-4-6-18)19-7-9-20(23)10-8-19/h2-10,17,21H,11-16H2,1H3,(H,26,27). The molecule has 0 bridgehead atoms. The first-order valence-corrected chi connectivity index (χ1v) is 10.0. The number of halogens is 1. The number of benzene rings is 2. The van der Waals surface area contributed by atoms with Crippen LogP contribution < -0.4 is 0 Å². The van der Waals surface area contributed by atoms with Gasteiger partial charge >= 0.3 is 5.97 Å². The van der Waals surface area contributed by atoms with Crippen LogP contribution in [0.15, 0.2) is 54.6 Å². The lowest BCUT2D eigenvalue weighted by Gasteiger charge is -2.39. The van der Waals surface area contributed by atoms with Crippen LogP contribution in [0, 0.1) is 0 Å². The second kappa shape index (κ2) is 10.0. The van der Waals surface area contributed by atoms with E-state index in [-0.39, 0.29) is 6.04 Å². The normalized spacial score (nSPS) is 17.9. The number of hydrogen-bond donors (Lipinski definition) is 1. The molecular weight excluding hydrogens is 376 g/mol. The molecule has 0 radical (unpaired) electrons. The van der Waals surface area contributed by atoms with Gasteiger partial charge in [0.1, 0.15) is 0 Å². The van der Waals surface area contributed by atoms with Gasteiger partial charge in [-0.2, -0.15) is 0 Å². The zero-order valence-corrected chi connectivity index (χ0v) is 16.9. The summed E-state index contributed by atoms with van der Waals surface area (Å²) in [5.74, 6) is -0.918. The van der Waals surface area contributed by atoms with E-state index in [1.807, 2.05) is 18.2 Å². The molecule has 1 aliphatic rings. The molecule has 6 heteroatoms. The molecule has 150 valence electrons. The van der Waals surface area contributed by atoms with E-state index in [1.54, 1.807) is 6.92 Å². The number of carbonyl (C=O) groups is 1. The molecule has 1 N–H and O–H groups in total. The molecule has 2 aromatic carbocycles. The molecule has 1 aliphatic heterocycles. The van der Waals surface area contributed by atoms with Crippen LogP contribution in [0.1, 0.15) is 24.1 Å². The number of carboxylic acids is 1. The molecule has 1 fully saturated rings. The Morgan fingerprint density at radius 3 is 2.25 bits per heavy atom. The first-order valence-electron chi connectivity index (χ1n) is 9.66. The molecule has 0 saturated carbocycles. The van der Waals surface area contributed by atoms with Gasteiger partial charge in [0, 0.05) is 37.7 Å². The highest BCUT2D eigenvalue weighted by Crippen LogP contribution is 2.30. The van der Waals surface area contributed by atoms with Crippen LogP contribution in [0.5, 0.6) is 0 Å². The van der Waals surface area contributed by atoms with E-state index >= 15 is 0 Å². The van der Waals surface area contributed by atoms with Gasteiger partial charge < -0.3 is 9.84 Å². The molecule has 5 nitrogen and oxygen atoms in total. The average molecular weight is 403 g/mol. The van der Waals surface area contributed by atoms with Crippen molar-refractivity contribution in [3.05, 3.63) is 70.7 Å². The van der Waals surface area contributed by atoms with E-state index in [2.05, 4.69) is 46.2 Å². The molecular formula is C22H27ClN2O3. The van der Waals surface area contributed by atoms with Gasteiger partial charge in [-0.1, -0.05) is 54.1 Å². The van der Waals surface area contributed by atoms with Crippen LogP contribution in [-0.2, 0) is 9.53 Å². The number of ether oxygens (including phenoxy) is 1. The summed E-state index contributed by atoms with van der Waals surface area (Å²) in [6.07, 6.45) is -0.756. The summed E-state index contributed by atoms with van der Waals surface area (Å²) in [7, 11) is 0. The van der Waals surface area contributed by atoms with Crippen molar-refractivity contribution in [2.45, 2.75) is 19.1 Å². The summed E-state index contributed by atoms with van der Waals surface area (Å²) in [6, 6.07) is 18.8. The largest absolute Gasteiger partial charge is 0.479 e. The maximum Gasteiger partial charge on any atom is 0.332 e. The van der Waals surface area contributed by atoms with Crippen LogP contribution in [0.3, 0.4) is 0 Å². The second-order valence-corrected chi connectivity index (χ2v) is 7.53. The Morgan fingerprint density at radius 2 is 1.64 bits per heavy atom. The van der Waals surface area contributed by atoms with E-state index in [0.29, 0.717) is 6.61 Å². The first kappa shape index (κ1) is 20.8. The monoisotopic (exact) mass is 402 g/mol. The van der Waals surface area contributed by atoms with Crippen molar-refractivity contribution in [2.24, 2.45) is 0 Å². The Kier molecular flexibility index (Phi) is 7.45. The zero-order valence-electron chi connectivity index (χ0n) is 16.1. The van der Waals surface area contributed by atoms with Crippen LogP contribution in [0.4, 0.5) is 0 Å². The Balaban J connectivity index is 1.62. The number of rotatable bonds is 8. The van der Waals surface area contributed by atoms with Crippen molar-refractivity contribution >= 4 is 17.6 Å². The maximum atomic E-state index is 10.8. The molecule has 2 unspecified atom stereocenters. The lowest BCUT2D eigenvalue weighted by Crippen LogP contribution is -2.48. The molecule has 0 spiro atoms. The van der Waals surface area contributed by atoms with Gasteiger partial charge in [0.25, 0.3) is 0 Å². The molecule has 0 aromatic heterocycles. The predicted molar refractivity (Wildman–Crippen MR) is 111 cm³/mol. The van der Waals surface area contributed by atoms with Crippen LogP contribution >= 0.6 is 11.6 Å². The Morgan fingerprint density at radius 1 is 1.04 bits per heavy atom. The number of carboxylic acid groups (broad SMARTS) is 1. The van der Waals surface area contributed by atoms with Gasteiger partial charge in [-0.25, -0.2) is 4.79 Å². The summed E-state index contributed by atoms with van der Waals surface area (Å²) in [6.45, 7) is 6.50. The Hall–Kier alpha value is -1.92. The fourth-order valence-corrected chi connectivity index (χ4v) is 3.70. The molecule has 0 aliphatic carbocycles. The minimum atomic E-state index is -0.918. The highest BCUT2D eigenvalue weighted by molar-refractivity contribution is 6.30. The van der Waals surface area contributed by atoms with Crippen LogP contribution in [-0.4, -0.2) is 66.3 Å². The summed E-state index contributed by atoms with van der Waals surface area (Å²) < 4.78 is 5.36. The summed E-state index contributed by atoms with van der Waals surface area (Å²) in [5, 5.41) is 9.64. The molecule has 2 atom stereocenters. The predicted octanol–water partition coefficient (Wildman–Crippen LogP) is 3.54. The number of piperazine rings is 1. The lowest BCUT2D eigenvalue weighted by atomic mass is 9.96. The van der Waals surface area contributed by atoms with E-state index in [4.69, 9.17) is 21.4 Å². The lowest BCUT2D eigenvalue weighted by molar-refractivity contribution is -0.149. The van der Waals surface area contributed by atoms with Gasteiger partial charge in [-0.05, 0) is 30.2 Å². The van der Waals surface area contributed by atoms with E-state index in [0.717, 1.165) is 37.7 Å². The molecule has 1 saturated heterocycles. The maximum absolute atomic E-state index is 10.8. The number of aliphatic carboxylic acids is 1. The summed E-state index contributed by atoms with van der Waals surface area (Å²) in [5.41, 5.74) is 2.51. The summed E-state index contributed by atoms with van der Waals surface area (Å²) >= 11 is 6.09. The third-order valence-corrected chi connectivity index (χ3v) is 5.45. The molecule has 3 rings (SSSR count). The van der Waals surface area contributed by atoms with Crippen molar-refractivity contribution in [1.82, 2.24) is 9.80 Å². The van der Waals surface area contributed by atoms with E-state index < -0.39 is 12.1 Å². The quantitative estimate of drug-likeness (QED) is 0.732. The van der Waals surface area contributed by atoms with Crippen molar-refractivity contribution in [2.75, 3.05) is 39.3 Å². The molecule has 2 aromatic rings. The van der Waals surface area contributed by atoms with E-state index in [9.17, 15) is 4.79 Å².